The fourth-order valence-electron chi connectivity index (χ4n) is 1.57. The number of carbonyl (C=O) groups excluding carboxylic acids is 1. The Morgan fingerprint density at radius 1 is 1.56 bits per heavy atom. The van der Waals surface area contributed by atoms with Crippen LogP contribution in [-0.2, 0) is 4.74 Å². The summed E-state index contributed by atoms with van der Waals surface area (Å²) in [5.41, 5.74) is 0. The van der Waals surface area contributed by atoms with Gasteiger partial charge >= 0.3 is 0 Å². The second-order valence-electron chi connectivity index (χ2n) is 3.62. The molecule has 0 radical (unpaired) electrons. The SMILES string of the molecule is O=C(NC1CCCOC1)c1cc(Br)c(Br)s1. The Morgan fingerprint density at radius 2 is 2.38 bits per heavy atom. The quantitative estimate of drug-likeness (QED) is 0.870. The molecule has 88 valence electrons. The Balaban J connectivity index is 1.96. The maximum atomic E-state index is 11.9. The molecule has 1 aromatic rings. The van der Waals surface area contributed by atoms with Crippen LogP contribution in [0, 0.1) is 0 Å². The maximum absolute atomic E-state index is 11.9. The van der Waals surface area contributed by atoms with Gasteiger partial charge in [-0.1, -0.05) is 0 Å². The first-order valence-electron chi connectivity index (χ1n) is 5.00. The van der Waals surface area contributed by atoms with Crippen LogP contribution in [0.2, 0.25) is 0 Å². The van der Waals surface area contributed by atoms with Crippen molar-refractivity contribution in [3.8, 4) is 0 Å². The highest BCUT2D eigenvalue weighted by Gasteiger charge is 2.18. The molecule has 0 aliphatic carbocycles. The van der Waals surface area contributed by atoms with Crippen LogP contribution < -0.4 is 5.32 Å². The zero-order valence-electron chi connectivity index (χ0n) is 8.46. The van der Waals surface area contributed by atoms with Crippen molar-refractivity contribution in [3.05, 3.63) is 19.2 Å². The number of carbonyl (C=O) groups is 1. The summed E-state index contributed by atoms with van der Waals surface area (Å²) >= 11 is 8.17. The van der Waals surface area contributed by atoms with Crippen LogP contribution in [0.4, 0.5) is 0 Å². The molecule has 0 aromatic carbocycles. The number of thiophene rings is 1. The Morgan fingerprint density at radius 3 is 2.94 bits per heavy atom. The van der Waals surface area contributed by atoms with Gasteiger partial charge < -0.3 is 10.1 Å². The van der Waals surface area contributed by atoms with Gasteiger partial charge in [0.25, 0.3) is 5.91 Å². The number of hydrogen-bond donors (Lipinski definition) is 1. The molecule has 1 aliphatic rings. The monoisotopic (exact) mass is 367 g/mol. The van der Waals surface area contributed by atoms with Gasteiger partial charge in [-0.05, 0) is 50.8 Å². The second kappa shape index (κ2) is 5.62. The molecule has 1 atom stereocenters. The van der Waals surface area contributed by atoms with Gasteiger partial charge in [0.1, 0.15) is 0 Å². The number of hydrogen-bond acceptors (Lipinski definition) is 3. The van der Waals surface area contributed by atoms with E-state index in [9.17, 15) is 4.79 Å². The van der Waals surface area contributed by atoms with E-state index in [1.165, 1.54) is 11.3 Å². The number of halogens is 2. The molecule has 1 saturated heterocycles. The van der Waals surface area contributed by atoms with Crippen LogP contribution in [0.5, 0.6) is 0 Å². The third kappa shape index (κ3) is 3.06. The summed E-state index contributed by atoms with van der Waals surface area (Å²) in [6.45, 7) is 1.43. The van der Waals surface area contributed by atoms with Gasteiger partial charge in [0.05, 0.1) is 21.3 Å². The standard InChI is InChI=1S/C10H11Br2NO2S/c11-7-4-8(16-9(7)12)10(14)13-6-2-1-3-15-5-6/h4,6H,1-3,5H2,(H,13,14). The predicted octanol–water partition coefficient (Wildman–Crippen LogP) is 3.18. The molecule has 2 rings (SSSR count). The van der Waals surface area contributed by atoms with Crippen LogP contribution in [0.3, 0.4) is 0 Å². The second-order valence-corrected chi connectivity index (χ2v) is 6.84. The lowest BCUT2D eigenvalue weighted by Gasteiger charge is -2.22. The minimum atomic E-state index is -0.0214. The van der Waals surface area contributed by atoms with Crippen LogP contribution in [0.25, 0.3) is 0 Å². The van der Waals surface area contributed by atoms with E-state index in [1.807, 2.05) is 6.07 Å². The molecule has 1 unspecified atom stereocenters. The summed E-state index contributed by atoms with van der Waals surface area (Å²) in [5, 5.41) is 2.98. The zero-order chi connectivity index (χ0) is 11.5. The first-order valence-corrected chi connectivity index (χ1v) is 7.40. The molecule has 0 bridgehead atoms. The van der Waals surface area contributed by atoms with E-state index in [0.717, 1.165) is 27.7 Å². The van der Waals surface area contributed by atoms with E-state index in [1.54, 1.807) is 0 Å². The Labute approximate surface area is 115 Å². The predicted molar refractivity (Wildman–Crippen MR) is 71.0 cm³/mol. The van der Waals surface area contributed by atoms with Crippen LogP contribution >= 0.6 is 43.2 Å². The molecule has 16 heavy (non-hydrogen) atoms. The lowest BCUT2D eigenvalue weighted by Crippen LogP contribution is -2.40. The average molecular weight is 369 g/mol. The summed E-state index contributed by atoms with van der Waals surface area (Å²) in [6.07, 6.45) is 2.02. The lowest BCUT2D eigenvalue weighted by atomic mass is 10.1. The first kappa shape index (κ1) is 12.5. The van der Waals surface area contributed by atoms with E-state index < -0.39 is 0 Å². The van der Waals surface area contributed by atoms with Crippen LogP contribution in [0.15, 0.2) is 14.3 Å². The van der Waals surface area contributed by atoms with Gasteiger partial charge in [-0.2, -0.15) is 0 Å². The van der Waals surface area contributed by atoms with Crippen molar-refractivity contribution in [1.29, 1.82) is 0 Å². The van der Waals surface area contributed by atoms with Gasteiger partial charge in [0.15, 0.2) is 0 Å². The van der Waals surface area contributed by atoms with E-state index in [2.05, 4.69) is 37.2 Å². The molecule has 6 heteroatoms. The Bertz CT molecular complexity index is 369. The van der Waals surface area contributed by atoms with Gasteiger partial charge in [-0.3, -0.25) is 4.79 Å². The molecule has 1 aromatic heterocycles. The van der Waals surface area contributed by atoms with Crippen molar-refractivity contribution in [1.82, 2.24) is 5.32 Å². The highest BCUT2D eigenvalue weighted by molar-refractivity contribution is 9.13. The minimum Gasteiger partial charge on any atom is -0.379 e. The zero-order valence-corrected chi connectivity index (χ0v) is 12.5. The highest BCUT2D eigenvalue weighted by Crippen LogP contribution is 2.32. The van der Waals surface area contributed by atoms with Crippen molar-refractivity contribution in [2.24, 2.45) is 0 Å². The maximum Gasteiger partial charge on any atom is 0.261 e. The third-order valence-corrected chi connectivity index (χ3v) is 5.62. The molecule has 0 spiro atoms. The molecule has 1 N–H and O–H groups in total. The Kier molecular flexibility index (Phi) is 4.41. The van der Waals surface area contributed by atoms with Crippen LogP contribution in [0.1, 0.15) is 22.5 Å². The lowest BCUT2D eigenvalue weighted by molar-refractivity contribution is 0.0626. The van der Waals surface area contributed by atoms with Crippen molar-refractivity contribution < 1.29 is 9.53 Å². The average Bonchev–Trinajstić information content (AvgIpc) is 2.61. The molecule has 0 saturated carbocycles. The van der Waals surface area contributed by atoms with E-state index >= 15 is 0 Å². The normalized spacial score (nSPS) is 20.8. The van der Waals surface area contributed by atoms with Crippen LogP contribution in [-0.4, -0.2) is 25.2 Å². The van der Waals surface area contributed by atoms with Crippen molar-refractivity contribution in [2.75, 3.05) is 13.2 Å². The molecule has 1 amide bonds. The third-order valence-electron chi connectivity index (χ3n) is 2.36. The summed E-state index contributed by atoms with van der Waals surface area (Å²) in [4.78, 5) is 12.6. The van der Waals surface area contributed by atoms with Gasteiger partial charge in [0.2, 0.25) is 0 Å². The molecule has 3 nitrogen and oxygen atoms in total. The topological polar surface area (TPSA) is 38.3 Å². The fourth-order valence-corrected chi connectivity index (χ4v) is 3.51. The number of nitrogens with one attached hydrogen (secondary N) is 1. The molecule has 1 aliphatic heterocycles. The first-order chi connectivity index (χ1) is 7.66. The van der Waals surface area contributed by atoms with E-state index in [4.69, 9.17) is 4.74 Å². The number of ether oxygens (including phenoxy) is 1. The summed E-state index contributed by atoms with van der Waals surface area (Å²) in [5.74, 6) is -0.0214. The molecule has 2 heterocycles. The minimum absolute atomic E-state index is 0.0214. The largest absolute Gasteiger partial charge is 0.379 e. The van der Waals surface area contributed by atoms with Crippen molar-refractivity contribution in [2.45, 2.75) is 18.9 Å². The number of rotatable bonds is 2. The smallest absolute Gasteiger partial charge is 0.261 e. The van der Waals surface area contributed by atoms with Crippen molar-refractivity contribution >= 4 is 49.1 Å². The van der Waals surface area contributed by atoms with Crippen molar-refractivity contribution in [3.63, 3.8) is 0 Å². The summed E-state index contributed by atoms with van der Waals surface area (Å²) in [6, 6.07) is 1.98. The summed E-state index contributed by atoms with van der Waals surface area (Å²) < 4.78 is 7.18. The Hall–Kier alpha value is 0.0900. The highest BCUT2D eigenvalue weighted by atomic mass is 79.9. The van der Waals surface area contributed by atoms with Gasteiger partial charge in [0, 0.05) is 11.1 Å². The van der Waals surface area contributed by atoms with E-state index in [-0.39, 0.29) is 11.9 Å². The van der Waals surface area contributed by atoms with E-state index in [0.29, 0.717) is 11.5 Å². The molecular weight excluding hydrogens is 358 g/mol. The fraction of sp³-hybridized carbons (Fsp3) is 0.500. The summed E-state index contributed by atoms with van der Waals surface area (Å²) in [7, 11) is 0. The molecule has 1 fully saturated rings. The van der Waals surface area contributed by atoms with Gasteiger partial charge in [-0.15, -0.1) is 11.3 Å². The number of amides is 1. The van der Waals surface area contributed by atoms with Gasteiger partial charge in [-0.25, -0.2) is 0 Å². The molecular formula is C10H11Br2NO2S.